The molecule has 3 aromatic heterocycles. The summed E-state index contributed by atoms with van der Waals surface area (Å²) in [6.45, 7) is 4.04. The molecule has 6 aromatic carbocycles. The van der Waals surface area contributed by atoms with Crippen molar-refractivity contribution >= 4 is 138 Å². The molecule has 0 aliphatic carbocycles. The van der Waals surface area contributed by atoms with Crippen LogP contribution in [-0.4, -0.2) is 131 Å². The maximum absolute atomic E-state index is 12.4. The summed E-state index contributed by atoms with van der Waals surface area (Å²) < 4.78 is 38.8. The van der Waals surface area contributed by atoms with Crippen LogP contribution in [0.15, 0.2) is 140 Å². The topological polar surface area (TPSA) is 310 Å². The number of phenols is 1. The molecule has 0 bridgehead atoms. The number of aromatic hydroxyl groups is 1. The van der Waals surface area contributed by atoms with Crippen molar-refractivity contribution in [1.82, 2.24) is 20.3 Å². The lowest BCUT2D eigenvalue weighted by atomic mass is 10.2. The largest absolute Gasteiger partial charge is 0.504 e. The Balaban J connectivity index is 0.000000186. The van der Waals surface area contributed by atoms with Crippen LogP contribution in [0, 0.1) is 0 Å². The summed E-state index contributed by atoms with van der Waals surface area (Å²) in [4.78, 5) is 78.6. The zero-order valence-electron chi connectivity index (χ0n) is 46.9. The number of hydrogen-bond donors (Lipinski definition) is 6. The molecular weight excluding hydrogens is 1240 g/mol. The maximum atomic E-state index is 12.4. The van der Waals surface area contributed by atoms with Crippen LogP contribution in [0.2, 0.25) is 0 Å². The predicted molar refractivity (Wildman–Crippen MR) is 346 cm³/mol. The molecule has 10 rings (SSSR count). The second kappa shape index (κ2) is 35.4. The Morgan fingerprint density at radius 2 is 1.15 bits per heavy atom. The van der Waals surface area contributed by atoms with E-state index in [2.05, 4.69) is 49.0 Å². The molecule has 0 spiro atoms. The van der Waals surface area contributed by atoms with Crippen LogP contribution < -0.4 is 40.5 Å². The number of carboxylic acid groups (broad SMARTS) is 1. The number of ether oxygens (including phenoxy) is 7. The van der Waals surface area contributed by atoms with E-state index in [0.29, 0.717) is 82.3 Å². The Morgan fingerprint density at radius 1 is 0.690 bits per heavy atom. The fourth-order valence-electron chi connectivity index (χ4n) is 7.42. The maximum Gasteiger partial charge on any atom is 0.335 e. The lowest BCUT2D eigenvalue weighted by Crippen LogP contribution is -2.40. The van der Waals surface area contributed by atoms with Crippen LogP contribution in [0.4, 0.5) is 0 Å². The first-order valence-corrected chi connectivity index (χ1v) is 31.3. The zero-order valence-corrected chi connectivity index (χ0v) is 51.9. The number of nitrogens with zero attached hydrogens (tertiary/aromatic N) is 3. The average Bonchev–Trinajstić information content (AvgIpc) is 2.14. The van der Waals surface area contributed by atoms with Crippen molar-refractivity contribution in [3.05, 3.63) is 140 Å². The number of amides is 1. The van der Waals surface area contributed by atoms with E-state index in [9.17, 15) is 33.9 Å². The van der Waals surface area contributed by atoms with Crippen LogP contribution in [-0.2, 0) is 38.2 Å². The minimum atomic E-state index is -0.951. The molecule has 1 aliphatic rings. The molecule has 4 heterocycles. The number of aromatic nitrogens is 3. The highest BCUT2D eigenvalue weighted by atomic mass is 32.2. The minimum Gasteiger partial charge on any atom is -0.504 e. The quantitative estimate of drug-likeness (QED) is 0.00786. The molecule has 21 nitrogen and oxygen atoms in total. The third kappa shape index (κ3) is 20.1. The first-order chi connectivity index (χ1) is 42.1. The van der Waals surface area contributed by atoms with Crippen molar-refractivity contribution in [3.63, 3.8) is 0 Å². The van der Waals surface area contributed by atoms with Crippen LogP contribution >= 0.6 is 70.2 Å². The Bertz CT molecular complexity index is 3670. The van der Waals surface area contributed by atoms with Gasteiger partial charge in [-0.05, 0) is 72.8 Å². The first kappa shape index (κ1) is 67.8. The number of methoxy groups -OCH3 is 3. The summed E-state index contributed by atoms with van der Waals surface area (Å²) in [5.74, 6) is 2.64. The lowest BCUT2D eigenvalue weighted by molar-refractivity contribution is -0.141. The molecule has 1 amide bonds. The number of rotatable bonds is 20. The van der Waals surface area contributed by atoms with E-state index in [-0.39, 0.29) is 18.1 Å². The van der Waals surface area contributed by atoms with Crippen molar-refractivity contribution in [2.24, 2.45) is 11.5 Å². The minimum absolute atomic E-state index is 0.138. The van der Waals surface area contributed by atoms with Gasteiger partial charge < -0.3 is 48.7 Å². The summed E-state index contributed by atoms with van der Waals surface area (Å²) >= 11 is 11.2. The second-order valence-electron chi connectivity index (χ2n) is 17.4. The van der Waals surface area contributed by atoms with Crippen LogP contribution in [0.25, 0.3) is 62.4 Å². The number of carbonyl (C=O) groups excluding carboxylic acids is 5. The third-order valence-electron chi connectivity index (χ3n) is 11.5. The van der Waals surface area contributed by atoms with Gasteiger partial charge in [0.25, 0.3) is 12.9 Å². The monoisotopic (exact) mass is 1300 g/mol. The standard InChI is InChI=1S/C20H20N2O5S2.C17H13NO3S.C14H11NO2S.C6H9NO3S.C3H7NO2S/c1-25-15-7-4-5-13(20-22-14-6-2-3-8-16(14)29-20)19(15)27-18(24)9-10-28-11-17(21)26-12-23;1-3-15(19)21-16-11(7-6-9-13(16)20-2)17-18-12-8-4-5-10-14(12)22-17;1-17-11-7-4-5-9(13(11)16)14-15-10-6-2-3-8-12(10)18-14;8-5-1-2-11-3-4(7-5)6(9)10;4-3(1-7)6-2-5/h2-8,12,17H,9-11,21H2,1H3;3-10H,1H2,2H3;2-8,16H,1H3;4H,1-3H2,(H,7,8)(H,9,10);2-3,7H,1,4H2. The molecule has 87 heavy (non-hydrogen) atoms. The fraction of sp³-hybridized carbons (Fsp3) is 0.217. The number of hydrogen-bond acceptors (Lipinski definition) is 25. The van der Waals surface area contributed by atoms with Gasteiger partial charge in [0.15, 0.2) is 47.0 Å². The Hall–Kier alpha value is -8.28. The molecular formula is C60H60N6O15S6. The molecule has 0 radical (unpaired) electrons. The van der Waals surface area contributed by atoms with Gasteiger partial charge >= 0.3 is 17.9 Å². The highest BCUT2D eigenvalue weighted by Gasteiger charge is 2.23. The number of carboxylic acids is 1. The number of nitrogens with one attached hydrogen (secondary N) is 1. The summed E-state index contributed by atoms with van der Waals surface area (Å²) in [6, 6.07) is 39.2. The summed E-state index contributed by atoms with van der Waals surface area (Å²) in [5.41, 5.74) is 15.5. The SMILES string of the molecule is C=CC(=O)Oc1c(OC)cccc1-c1nc2ccccc2s1.COc1cccc(-c2nc3ccccc3s2)c1O.COc1cccc(-c2nc3ccccc3s2)c1OC(=O)CCSCC(N)OC=O.NC(CS)OC=O.O=C1CCSCC(C(=O)O)N1. The number of nitrogens with two attached hydrogens (primary N) is 2. The van der Waals surface area contributed by atoms with E-state index in [4.69, 9.17) is 40.3 Å². The average molecular weight is 1300 g/mol. The van der Waals surface area contributed by atoms with Gasteiger partial charge in [-0.3, -0.25) is 30.6 Å². The Kier molecular flexibility index (Phi) is 27.6. The van der Waals surface area contributed by atoms with E-state index >= 15 is 0 Å². The van der Waals surface area contributed by atoms with E-state index in [0.717, 1.165) is 63.1 Å². The molecule has 3 atom stereocenters. The molecule has 1 fully saturated rings. The van der Waals surface area contributed by atoms with Crippen molar-refractivity contribution in [1.29, 1.82) is 0 Å². The van der Waals surface area contributed by atoms with Crippen molar-refractivity contribution in [2.45, 2.75) is 31.3 Å². The normalized spacial score (nSPS) is 13.0. The Morgan fingerprint density at radius 3 is 1.60 bits per heavy atom. The van der Waals surface area contributed by atoms with Gasteiger partial charge in [0.05, 0.1) is 75.1 Å². The van der Waals surface area contributed by atoms with Gasteiger partial charge in [0.1, 0.15) is 21.1 Å². The van der Waals surface area contributed by atoms with Gasteiger partial charge in [-0.2, -0.15) is 36.2 Å². The van der Waals surface area contributed by atoms with Crippen molar-refractivity contribution < 1.29 is 72.1 Å². The lowest BCUT2D eigenvalue weighted by Gasteiger charge is -2.13. The van der Waals surface area contributed by atoms with Crippen LogP contribution in [0.3, 0.4) is 0 Å². The summed E-state index contributed by atoms with van der Waals surface area (Å²) in [6.07, 6.45) is 0.480. The highest BCUT2D eigenvalue weighted by Crippen LogP contribution is 2.43. The van der Waals surface area contributed by atoms with E-state index < -0.39 is 36.4 Å². The number of carbonyl (C=O) groups is 6. The summed E-state index contributed by atoms with van der Waals surface area (Å²) in [7, 11) is 4.60. The highest BCUT2D eigenvalue weighted by molar-refractivity contribution is 7.99. The molecule has 456 valence electrons. The van der Waals surface area contributed by atoms with Crippen molar-refractivity contribution in [2.75, 3.05) is 50.1 Å². The van der Waals surface area contributed by atoms with Crippen LogP contribution in [0.5, 0.6) is 34.5 Å². The Labute approximate surface area is 525 Å². The van der Waals surface area contributed by atoms with Gasteiger partial charge in [-0.1, -0.05) is 61.2 Å². The van der Waals surface area contributed by atoms with Gasteiger partial charge in [0, 0.05) is 41.3 Å². The fourth-order valence-corrected chi connectivity index (χ4v) is 12.2. The molecule has 3 unspecified atom stereocenters. The molecule has 1 aliphatic heterocycles. The number of esters is 2. The smallest absolute Gasteiger partial charge is 0.335 e. The number of thiazole rings is 3. The molecule has 9 aromatic rings. The number of fused-ring (bicyclic) bond motifs is 3. The van der Waals surface area contributed by atoms with E-state index in [1.165, 1.54) is 67.5 Å². The second-order valence-corrected chi connectivity index (χ2v) is 23.2. The third-order valence-corrected chi connectivity index (χ3v) is 17.2. The number of aliphatic carboxylic acids is 1. The van der Waals surface area contributed by atoms with Crippen LogP contribution in [0.1, 0.15) is 12.8 Å². The summed E-state index contributed by atoms with van der Waals surface area (Å²) in [5, 5.41) is 23.4. The van der Waals surface area contributed by atoms with Crippen molar-refractivity contribution in [3.8, 4) is 66.2 Å². The molecule has 1 saturated heterocycles. The number of phenolic OH excluding ortho intramolecular Hbond substituents is 1. The number of benzene rings is 6. The molecule has 27 heteroatoms. The zero-order chi connectivity index (χ0) is 62.7. The number of para-hydroxylation sites is 6. The van der Waals surface area contributed by atoms with Gasteiger partial charge in [-0.15, -0.1) is 34.0 Å². The van der Waals surface area contributed by atoms with E-state index in [1.807, 2.05) is 109 Å². The molecule has 0 saturated carbocycles. The number of thiol groups is 1. The molecule has 7 N–H and O–H groups in total. The van der Waals surface area contributed by atoms with E-state index in [1.54, 1.807) is 29.5 Å². The number of thioether (sulfide) groups is 2. The van der Waals surface area contributed by atoms with Gasteiger partial charge in [0.2, 0.25) is 5.91 Å². The van der Waals surface area contributed by atoms with Gasteiger partial charge in [-0.25, -0.2) is 24.5 Å². The first-order valence-electron chi connectivity index (χ1n) is 26.0. The predicted octanol–water partition coefficient (Wildman–Crippen LogP) is 10.3.